The molecule has 0 unspecified atom stereocenters. The minimum Gasteiger partial charge on any atom is -0.399 e. The smallest absolute Gasteiger partial charge is 0.0399 e. The van der Waals surface area contributed by atoms with Gasteiger partial charge >= 0.3 is 0 Å². The fourth-order valence-corrected chi connectivity index (χ4v) is 1.90. The predicted octanol–water partition coefficient (Wildman–Crippen LogP) is 3.20. The molecule has 0 heterocycles. The molecule has 2 heteroatoms. The van der Waals surface area contributed by atoms with Crippen LogP contribution in [-0.2, 0) is 0 Å². The predicted molar refractivity (Wildman–Crippen MR) is 68.4 cm³/mol. The summed E-state index contributed by atoms with van der Waals surface area (Å²) in [6.07, 6.45) is 1.17. The normalized spacial score (nSPS) is 10.7. The second-order valence-electron chi connectivity index (χ2n) is 4.33. The number of nitrogens with two attached hydrogens (primary N) is 1. The topological polar surface area (TPSA) is 29.3 Å². The third-order valence-corrected chi connectivity index (χ3v) is 2.62. The molecule has 0 atom stereocenters. The highest BCUT2D eigenvalue weighted by atomic mass is 15.1. The summed E-state index contributed by atoms with van der Waals surface area (Å²) in [5, 5.41) is 0. The molecule has 1 aromatic rings. The van der Waals surface area contributed by atoms with Crippen molar-refractivity contribution < 1.29 is 0 Å². The molecule has 0 spiro atoms. The zero-order valence-corrected chi connectivity index (χ0v) is 10.2. The van der Waals surface area contributed by atoms with E-state index in [4.69, 9.17) is 5.73 Å². The van der Waals surface area contributed by atoms with E-state index in [1.165, 1.54) is 17.7 Å². The molecule has 84 valence electrons. The van der Waals surface area contributed by atoms with Crippen LogP contribution in [0.4, 0.5) is 11.4 Å². The largest absolute Gasteiger partial charge is 0.399 e. The van der Waals surface area contributed by atoms with Crippen molar-refractivity contribution >= 4 is 11.4 Å². The van der Waals surface area contributed by atoms with E-state index in [2.05, 4.69) is 38.7 Å². The van der Waals surface area contributed by atoms with Crippen LogP contribution in [-0.4, -0.2) is 12.6 Å². The molecule has 0 saturated carbocycles. The fraction of sp³-hybridized carbons (Fsp3) is 0.538. The summed E-state index contributed by atoms with van der Waals surface area (Å²) < 4.78 is 0. The summed E-state index contributed by atoms with van der Waals surface area (Å²) in [6.45, 7) is 9.89. The molecule has 0 saturated heterocycles. The summed E-state index contributed by atoms with van der Waals surface area (Å²) in [5.74, 6) is 0. The molecule has 0 aliphatic rings. The Morgan fingerprint density at radius 2 is 2.00 bits per heavy atom. The van der Waals surface area contributed by atoms with Crippen molar-refractivity contribution in [1.82, 2.24) is 0 Å². The second kappa shape index (κ2) is 5.06. The zero-order valence-electron chi connectivity index (χ0n) is 10.2. The van der Waals surface area contributed by atoms with Crippen LogP contribution in [0.1, 0.15) is 32.8 Å². The Bertz CT molecular complexity index is 318. The van der Waals surface area contributed by atoms with E-state index in [0.717, 1.165) is 12.2 Å². The van der Waals surface area contributed by atoms with Gasteiger partial charge in [0.1, 0.15) is 0 Å². The maximum atomic E-state index is 5.76. The van der Waals surface area contributed by atoms with Gasteiger partial charge in [-0.05, 0) is 51.0 Å². The molecular weight excluding hydrogens is 184 g/mol. The molecule has 1 aromatic carbocycles. The van der Waals surface area contributed by atoms with Gasteiger partial charge in [-0.25, -0.2) is 0 Å². The third-order valence-electron chi connectivity index (χ3n) is 2.62. The monoisotopic (exact) mass is 206 g/mol. The van der Waals surface area contributed by atoms with Gasteiger partial charge in [-0.15, -0.1) is 0 Å². The highest BCUT2D eigenvalue weighted by Crippen LogP contribution is 2.24. The Kier molecular flexibility index (Phi) is 4.01. The van der Waals surface area contributed by atoms with Crippen molar-refractivity contribution in [2.45, 2.75) is 40.2 Å². The van der Waals surface area contributed by atoms with Crippen LogP contribution in [0.25, 0.3) is 0 Å². The minimum atomic E-state index is 0.535. The van der Waals surface area contributed by atoms with Crippen molar-refractivity contribution in [3.8, 4) is 0 Å². The quantitative estimate of drug-likeness (QED) is 0.766. The Hall–Kier alpha value is -1.18. The van der Waals surface area contributed by atoms with Crippen molar-refractivity contribution in [2.24, 2.45) is 0 Å². The van der Waals surface area contributed by atoms with Crippen LogP contribution in [0.15, 0.2) is 18.2 Å². The molecule has 2 N–H and O–H groups in total. The first-order valence-electron chi connectivity index (χ1n) is 5.69. The van der Waals surface area contributed by atoms with Crippen LogP contribution >= 0.6 is 0 Å². The maximum absolute atomic E-state index is 5.76. The highest BCUT2D eigenvalue weighted by molar-refractivity contribution is 5.59. The number of nitrogens with zero attached hydrogens (tertiary/aromatic N) is 1. The number of hydrogen-bond donors (Lipinski definition) is 1. The molecule has 0 aliphatic carbocycles. The summed E-state index contributed by atoms with van der Waals surface area (Å²) >= 11 is 0. The average molecular weight is 206 g/mol. The van der Waals surface area contributed by atoms with Crippen LogP contribution in [0.3, 0.4) is 0 Å². The van der Waals surface area contributed by atoms with Crippen LogP contribution in [0.5, 0.6) is 0 Å². The van der Waals surface area contributed by atoms with Crippen molar-refractivity contribution in [2.75, 3.05) is 17.2 Å². The summed E-state index contributed by atoms with van der Waals surface area (Å²) in [5.41, 5.74) is 9.17. The number of aryl methyl sites for hydroxylation is 1. The van der Waals surface area contributed by atoms with Crippen molar-refractivity contribution in [3.63, 3.8) is 0 Å². The van der Waals surface area contributed by atoms with Gasteiger partial charge in [-0.3, -0.25) is 0 Å². The van der Waals surface area contributed by atoms with Crippen LogP contribution < -0.4 is 10.6 Å². The fourth-order valence-electron chi connectivity index (χ4n) is 1.90. The maximum Gasteiger partial charge on any atom is 0.0399 e. The van der Waals surface area contributed by atoms with Gasteiger partial charge < -0.3 is 10.6 Å². The van der Waals surface area contributed by atoms with Crippen molar-refractivity contribution in [1.29, 1.82) is 0 Å². The highest BCUT2D eigenvalue weighted by Gasteiger charge is 2.11. The summed E-state index contributed by atoms with van der Waals surface area (Å²) in [7, 11) is 0. The van der Waals surface area contributed by atoms with E-state index in [1.807, 2.05) is 12.1 Å². The SMILES string of the molecule is CCCN(c1ccc(N)cc1C)C(C)C. The molecule has 0 radical (unpaired) electrons. The third kappa shape index (κ3) is 2.88. The summed E-state index contributed by atoms with van der Waals surface area (Å²) in [4.78, 5) is 2.43. The minimum absolute atomic E-state index is 0.535. The Morgan fingerprint density at radius 3 is 2.47 bits per heavy atom. The van der Waals surface area contributed by atoms with Gasteiger partial charge in [-0.1, -0.05) is 6.92 Å². The number of anilines is 2. The Morgan fingerprint density at radius 1 is 1.33 bits per heavy atom. The number of benzene rings is 1. The van der Waals surface area contributed by atoms with E-state index in [-0.39, 0.29) is 0 Å². The lowest BCUT2D eigenvalue weighted by Gasteiger charge is -2.30. The van der Waals surface area contributed by atoms with Crippen LogP contribution in [0.2, 0.25) is 0 Å². The first-order valence-corrected chi connectivity index (χ1v) is 5.69. The van der Waals surface area contributed by atoms with E-state index in [0.29, 0.717) is 6.04 Å². The zero-order chi connectivity index (χ0) is 11.4. The van der Waals surface area contributed by atoms with Gasteiger partial charge in [0.05, 0.1) is 0 Å². The van der Waals surface area contributed by atoms with E-state index in [9.17, 15) is 0 Å². The molecule has 2 nitrogen and oxygen atoms in total. The molecule has 0 aliphatic heterocycles. The number of nitrogen functional groups attached to an aromatic ring is 1. The van der Waals surface area contributed by atoms with E-state index in [1.54, 1.807) is 0 Å². The van der Waals surface area contributed by atoms with Crippen LogP contribution in [0, 0.1) is 6.92 Å². The Balaban J connectivity index is 3.00. The molecular formula is C13H22N2. The van der Waals surface area contributed by atoms with Gasteiger partial charge in [-0.2, -0.15) is 0 Å². The molecule has 1 rings (SSSR count). The second-order valence-corrected chi connectivity index (χ2v) is 4.33. The van der Waals surface area contributed by atoms with Gasteiger partial charge in [0.25, 0.3) is 0 Å². The lowest BCUT2D eigenvalue weighted by atomic mass is 10.1. The molecule has 0 bridgehead atoms. The van der Waals surface area contributed by atoms with Gasteiger partial charge in [0, 0.05) is 24.0 Å². The van der Waals surface area contributed by atoms with Gasteiger partial charge in [0.15, 0.2) is 0 Å². The standard InChI is InChI=1S/C13H22N2/c1-5-8-15(10(2)3)13-7-6-12(14)9-11(13)4/h6-7,9-10H,5,8,14H2,1-4H3. The van der Waals surface area contributed by atoms with Gasteiger partial charge in [0.2, 0.25) is 0 Å². The van der Waals surface area contributed by atoms with E-state index < -0.39 is 0 Å². The molecule has 0 fully saturated rings. The number of hydrogen-bond acceptors (Lipinski definition) is 2. The summed E-state index contributed by atoms with van der Waals surface area (Å²) in [6, 6.07) is 6.68. The van der Waals surface area contributed by atoms with Crippen molar-refractivity contribution in [3.05, 3.63) is 23.8 Å². The lowest BCUT2D eigenvalue weighted by molar-refractivity contribution is 0.669. The first kappa shape index (κ1) is 11.9. The molecule has 15 heavy (non-hydrogen) atoms. The number of rotatable bonds is 4. The Labute approximate surface area is 93.1 Å². The first-order chi connectivity index (χ1) is 7.06. The van der Waals surface area contributed by atoms with E-state index >= 15 is 0 Å². The average Bonchev–Trinajstić information content (AvgIpc) is 2.15. The molecule has 0 amide bonds. The lowest BCUT2D eigenvalue weighted by Crippen LogP contribution is -2.31. The molecule has 0 aromatic heterocycles.